The van der Waals surface area contributed by atoms with Gasteiger partial charge in [-0.15, -0.1) is 0 Å². The van der Waals surface area contributed by atoms with Crippen LogP contribution in [0.15, 0.2) is 215 Å². The lowest BCUT2D eigenvalue weighted by atomic mass is 9.98. The third kappa shape index (κ3) is 5.83. The van der Waals surface area contributed by atoms with E-state index in [9.17, 15) is 0 Å². The van der Waals surface area contributed by atoms with Crippen LogP contribution in [-0.4, -0.2) is 4.98 Å². The molecule has 0 bridgehead atoms. The van der Waals surface area contributed by atoms with Crippen molar-refractivity contribution in [1.29, 1.82) is 0 Å². The van der Waals surface area contributed by atoms with Crippen LogP contribution in [0.1, 0.15) is 0 Å². The summed E-state index contributed by atoms with van der Waals surface area (Å²) in [6, 6.07) is 72.4. The SMILES string of the molecule is c1ccc(-c2cccc(N(c3ccc(-c4cccc5ccccc45)cc3)c3ccc(-c4cccc5c4oc4cc6nc(-c7ccccc7)oc6cc45)cc3)c2)cc1. The van der Waals surface area contributed by atoms with Gasteiger partial charge in [-0.25, -0.2) is 4.98 Å². The molecule has 0 fully saturated rings. The summed E-state index contributed by atoms with van der Waals surface area (Å²) < 4.78 is 12.8. The highest BCUT2D eigenvalue weighted by Gasteiger charge is 2.18. The van der Waals surface area contributed by atoms with Gasteiger partial charge in [0.15, 0.2) is 5.58 Å². The van der Waals surface area contributed by atoms with E-state index in [0.29, 0.717) is 5.89 Å². The van der Waals surface area contributed by atoms with Crippen LogP contribution in [0.4, 0.5) is 17.1 Å². The fourth-order valence-electron chi connectivity index (χ4n) is 8.11. The molecule has 11 aromatic rings. The molecule has 9 aromatic carbocycles. The Balaban J connectivity index is 0.984. The van der Waals surface area contributed by atoms with Gasteiger partial charge in [-0.1, -0.05) is 146 Å². The van der Waals surface area contributed by atoms with E-state index in [1.807, 2.05) is 36.4 Å². The molecule has 0 aliphatic heterocycles. The fourth-order valence-corrected chi connectivity index (χ4v) is 8.11. The maximum absolute atomic E-state index is 6.61. The zero-order chi connectivity index (χ0) is 37.7. The lowest BCUT2D eigenvalue weighted by Crippen LogP contribution is -2.10. The summed E-state index contributed by atoms with van der Waals surface area (Å²) in [5.41, 5.74) is 14.1. The molecule has 0 aliphatic rings. The summed E-state index contributed by atoms with van der Waals surface area (Å²) in [5.74, 6) is 0.602. The molecule has 0 atom stereocenters. The molecule has 4 heteroatoms. The summed E-state index contributed by atoms with van der Waals surface area (Å²) >= 11 is 0. The first-order valence-corrected chi connectivity index (χ1v) is 19.2. The van der Waals surface area contributed by atoms with Crippen LogP contribution in [0.5, 0.6) is 0 Å². The third-order valence-electron chi connectivity index (χ3n) is 10.9. The number of hydrogen-bond donors (Lipinski definition) is 0. The van der Waals surface area contributed by atoms with Crippen molar-refractivity contribution < 1.29 is 8.83 Å². The van der Waals surface area contributed by atoms with E-state index in [1.165, 1.54) is 27.5 Å². The fraction of sp³-hybridized carbons (Fsp3) is 0. The molecule has 0 unspecified atom stereocenters. The molecule has 0 radical (unpaired) electrons. The van der Waals surface area contributed by atoms with E-state index in [2.05, 4.69) is 175 Å². The zero-order valence-electron chi connectivity index (χ0n) is 30.8. The van der Waals surface area contributed by atoms with E-state index in [1.54, 1.807) is 0 Å². The lowest BCUT2D eigenvalue weighted by Gasteiger charge is -2.26. The van der Waals surface area contributed by atoms with Crippen molar-refractivity contribution in [1.82, 2.24) is 4.98 Å². The molecule has 268 valence electrons. The van der Waals surface area contributed by atoms with E-state index < -0.39 is 0 Å². The second-order valence-corrected chi connectivity index (χ2v) is 14.4. The molecule has 4 nitrogen and oxygen atoms in total. The number of anilines is 3. The van der Waals surface area contributed by atoms with Gasteiger partial charge in [0.25, 0.3) is 0 Å². The maximum Gasteiger partial charge on any atom is 0.227 e. The number of nitrogens with zero attached hydrogens (tertiary/aromatic N) is 2. The van der Waals surface area contributed by atoms with Crippen LogP contribution in [0.2, 0.25) is 0 Å². The van der Waals surface area contributed by atoms with Gasteiger partial charge in [0.05, 0.1) is 0 Å². The van der Waals surface area contributed by atoms with Crippen LogP contribution in [0, 0.1) is 0 Å². The largest absolute Gasteiger partial charge is 0.455 e. The van der Waals surface area contributed by atoms with Crippen molar-refractivity contribution in [3.05, 3.63) is 206 Å². The predicted molar refractivity (Wildman–Crippen MR) is 235 cm³/mol. The van der Waals surface area contributed by atoms with Crippen molar-refractivity contribution >= 4 is 60.9 Å². The summed E-state index contributed by atoms with van der Waals surface area (Å²) in [6.07, 6.45) is 0. The van der Waals surface area contributed by atoms with E-state index in [-0.39, 0.29) is 0 Å². The molecular formula is C53H34N2O2. The van der Waals surface area contributed by atoms with Gasteiger partial charge in [-0.2, -0.15) is 0 Å². The van der Waals surface area contributed by atoms with Crippen LogP contribution >= 0.6 is 0 Å². The number of para-hydroxylation sites is 1. The van der Waals surface area contributed by atoms with Gasteiger partial charge in [-0.3, -0.25) is 0 Å². The Morgan fingerprint density at radius 1 is 0.351 bits per heavy atom. The third-order valence-corrected chi connectivity index (χ3v) is 10.9. The maximum atomic E-state index is 6.61. The topological polar surface area (TPSA) is 42.4 Å². The highest BCUT2D eigenvalue weighted by Crippen LogP contribution is 2.42. The Kier molecular flexibility index (Phi) is 7.78. The minimum Gasteiger partial charge on any atom is -0.455 e. The second kappa shape index (κ2) is 13.6. The van der Waals surface area contributed by atoms with Crippen molar-refractivity contribution in [2.45, 2.75) is 0 Å². The Morgan fingerprint density at radius 3 is 1.72 bits per heavy atom. The van der Waals surface area contributed by atoms with Crippen LogP contribution in [0.25, 0.3) is 88.6 Å². The average molecular weight is 731 g/mol. The summed E-state index contributed by atoms with van der Waals surface area (Å²) in [5, 5.41) is 4.53. The number of hydrogen-bond acceptors (Lipinski definition) is 4. The minimum atomic E-state index is 0.602. The molecule has 57 heavy (non-hydrogen) atoms. The molecular weight excluding hydrogens is 697 g/mol. The first kappa shape index (κ1) is 32.7. The molecule has 0 saturated heterocycles. The quantitative estimate of drug-likeness (QED) is 0.164. The molecule has 0 saturated carbocycles. The van der Waals surface area contributed by atoms with Gasteiger partial charge in [-0.05, 0) is 93.2 Å². The van der Waals surface area contributed by atoms with Gasteiger partial charge in [0, 0.05) is 45.0 Å². The van der Waals surface area contributed by atoms with Crippen LogP contribution in [0.3, 0.4) is 0 Å². The summed E-state index contributed by atoms with van der Waals surface area (Å²) in [4.78, 5) is 7.11. The van der Waals surface area contributed by atoms with Gasteiger partial charge < -0.3 is 13.7 Å². The Bertz CT molecular complexity index is 3210. The average Bonchev–Trinajstić information content (AvgIpc) is 3.87. The van der Waals surface area contributed by atoms with E-state index in [4.69, 9.17) is 13.8 Å². The zero-order valence-corrected chi connectivity index (χ0v) is 30.8. The normalized spacial score (nSPS) is 11.5. The van der Waals surface area contributed by atoms with Crippen LogP contribution < -0.4 is 4.90 Å². The molecule has 0 amide bonds. The smallest absolute Gasteiger partial charge is 0.227 e. The predicted octanol–water partition coefficient (Wildman–Crippen LogP) is 15.0. The monoisotopic (exact) mass is 730 g/mol. The highest BCUT2D eigenvalue weighted by molar-refractivity contribution is 6.12. The molecule has 0 aliphatic carbocycles. The number of benzene rings is 9. The first-order valence-electron chi connectivity index (χ1n) is 19.2. The Hall–Kier alpha value is -7.69. The molecule has 0 N–H and O–H groups in total. The first-order chi connectivity index (χ1) is 28.2. The molecule has 11 rings (SSSR count). The highest BCUT2D eigenvalue weighted by atomic mass is 16.4. The van der Waals surface area contributed by atoms with Crippen molar-refractivity contribution in [2.24, 2.45) is 0 Å². The Morgan fingerprint density at radius 2 is 0.947 bits per heavy atom. The number of furan rings is 1. The summed E-state index contributed by atoms with van der Waals surface area (Å²) in [6.45, 7) is 0. The second-order valence-electron chi connectivity index (χ2n) is 14.4. The molecule has 2 heterocycles. The summed E-state index contributed by atoms with van der Waals surface area (Å²) in [7, 11) is 0. The van der Waals surface area contributed by atoms with Gasteiger partial charge in [0.2, 0.25) is 5.89 Å². The van der Waals surface area contributed by atoms with Crippen LogP contribution in [-0.2, 0) is 0 Å². The molecule has 0 spiro atoms. The van der Waals surface area contributed by atoms with E-state index >= 15 is 0 Å². The van der Waals surface area contributed by atoms with E-state index in [0.717, 1.165) is 72.4 Å². The number of aromatic nitrogens is 1. The molecule has 2 aromatic heterocycles. The van der Waals surface area contributed by atoms with Crippen molar-refractivity contribution in [2.75, 3.05) is 4.90 Å². The standard InChI is InChI=1S/C53H34N2O2/c1-3-12-35(13-4-1)40-18-9-19-43(32-40)55(41-28-24-37(25-29-41)45-21-10-17-36-14-7-8-20-44(36)45)42-30-26-38(27-31-42)46-22-11-23-47-48-33-51-49(34-50(48)56-52(46)47)54-53(57-51)39-15-5-2-6-16-39/h1-34H. The van der Waals surface area contributed by atoms with Crippen molar-refractivity contribution in [3.8, 4) is 44.8 Å². The number of rotatable bonds is 7. The van der Waals surface area contributed by atoms with Gasteiger partial charge >= 0.3 is 0 Å². The van der Waals surface area contributed by atoms with Gasteiger partial charge in [0.1, 0.15) is 16.7 Å². The number of oxazole rings is 1. The Labute approximate surface area is 329 Å². The lowest BCUT2D eigenvalue weighted by molar-refractivity contribution is 0.620. The number of fused-ring (bicyclic) bond motifs is 5. The minimum absolute atomic E-state index is 0.602. The van der Waals surface area contributed by atoms with Crippen molar-refractivity contribution in [3.63, 3.8) is 0 Å².